The van der Waals surface area contributed by atoms with Gasteiger partial charge in [-0.25, -0.2) is 4.79 Å². The predicted molar refractivity (Wildman–Crippen MR) is 161 cm³/mol. The summed E-state index contributed by atoms with van der Waals surface area (Å²) in [6, 6.07) is 19.4. The number of carbonyl (C=O) groups excluding carboxylic acids is 4. The Labute approximate surface area is 255 Å². The molecule has 3 aromatic carbocycles. The zero-order valence-electron chi connectivity index (χ0n) is 24.9. The van der Waals surface area contributed by atoms with E-state index >= 15 is 0 Å². The molecule has 4 atom stereocenters. The molecule has 1 aliphatic heterocycles. The average molecular weight is 604 g/mol. The zero-order chi connectivity index (χ0) is 31.7. The average Bonchev–Trinajstić information content (AvgIpc) is 3.79. The van der Waals surface area contributed by atoms with Crippen molar-refractivity contribution in [3.63, 3.8) is 0 Å². The van der Waals surface area contributed by atoms with E-state index in [-0.39, 0.29) is 37.6 Å². The molecule has 0 radical (unpaired) electrons. The lowest BCUT2D eigenvalue weighted by molar-refractivity contribution is -0.133. The van der Waals surface area contributed by atoms with Crippen LogP contribution < -0.4 is 20.7 Å². The molecule has 1 fully saturated rings. The molecule has 4 N–H and O–H groups in total. The molecule has 1 saturated heterocycles. The third-order valence-electron chi connectivity index (χ3n) is 7.28. The summed E-state index contributed by atoms with van der Waals surface area (Å²) < 4.78 is 15.8. The van der Waals surface area contributed by atoms with Crippen LogP contribution in [-0.4, -0.2) is 66.2 Å². The highest BCUT2D eigenvalue weighted by atomic mass is 16.6. The summed E-state index contributed by atoms with van der Waals surface area (Å²) in [5.74, 6) is -0.803. The Balaban J connectivity index is 1.46. The molecule has 0 bridgehead atoms. The topological polar surface area (TPSA) is 156 Å². The molecular weight excluding hydrogens is 566 g/mol. The number of hydrogen-bond donors (Lipinski definition) is 4. The maximum Gasteiger partial charge on any atom is 0.408 e. The molecule has 3 aromatic rings. The molecule has 11 nitrogen and oxygen atoms in total. The van der Waals surface area contributed by atoms with Crippen LogP contribution in [0.15, 0.2) is 78.9 Å². The number of methoxy groups -OCH3 is 1. The highest BCUT2D eigenvalue weighted by molar-refractivity contribution is 5.98. The molecule has 1 aliphatic rings. The molecule has 0 saturated carbocycles. The summed E-state index contributed by atoms with van der Waals surface area (Å²) in [5.41, 5.74) is 1.22. The minimum atomic E-state index is -1.09. The number of epoxide rings is 1. The van der Waals surface area contributed by atoms with Gasteiger partial charge in [0.2, 0.25) is 11.8 Å². The Kier molecular flexibility index (Phi) is 10.6. The van der Waals surface area contributed by atoms with Crippen LogP contribution in [0.4, 0.5) is 4.79 Å². The van der Waals surface area contributed by atoms with Crippen LogP contribution in [-0.2, 0) is 43.3 Å². The van der Waals surface area contributed by atoms with Gasteiger partial charge in [-0.3, -0.25) is 14.4 Å². The summed E-state index contributed by atoms with van der Waals surface area (Å²) in [6.07, 6.45) is -0.538. The predicted octanol–water partition coefficient (Wildman–Crippen LogP) is 2.83. The van der Waals surface area contributed by atoms with Crippen LogP contribution in [0.3, 0.4) is 0 Å². The van der Waals surface area contributed by atoms with Gasteiger partial charge in [-0.2, -0.15) is 0 Å². The second-order valence-electron chi connectivity index (χ2n) is 10.9. The highest BCUT2D eigenvalue weighted by Gasteiger charge is 2.50. The number of carbonyl (C=O) groups is 4. The van der Waals surface area contributed by atoms with Crippen LogP contribution in [0.1, 0.15) is 30.5 Å². The van der Waals surface area contributed by atoms with Gasteiger partial charge in [-0.05, 0) is 61.2 Å². The van der Waals surface area contributed by atoms with Crippen molar-refractivity contribution in [3.05, 3.63) is 95.6 Å². The molecule has 3 amide bonds. The fourth-order valence-corrected chi connectivity index (χ4v) is 4.48. The standard InChI is InChI=1S/C33H37N3O8/c1-21(34-32(41)43-19-24-7-5-4-6-8-24)30(39)36-28(18-23-11-15-26(42-3)16-12-23)31(40)35-27(29(38)33(2)20-44-33)17-22-9-13-25(37)14-10-22/h4-16,21,27-28,37H,17-20H2,1-3H3,(H,34,41)(H,35,40)(H,36,39)/t21-,27?,28?,33-/m1/s1. The third-order valence-corrected chi connectivity index (χ3v) is 7.28. The van der Waals surface area contributed by atoms with E-state index < -0.39 is 41.6 Å². The fraction of sp³-hybridized carbons (Fsp3) is 0.333. The summed E-state index contributed by atoms with van der Waals surface area (Å²) in [6.45, 7) is 3.40. The van der Waals surface area contributed by atoms with Gasteiger partial charge in [0.15, 0.2) is 5.78 Å². The molecule has 44 heavy (non-hydrogen) atoms. The van der Waals surface area contributed by atoms with Crippen molar-refractivity contribution < 1.29 is 38.5 Å². The number of amides is 3. The number of Topliss-reactive ketones (excluding diaryl/α,β-unsaturated/α-hetero) is 1. The maximum atomic E-state index is 13.7. The number of alkyl carbamates (subject to hydrolysis) is 1. The van der Waals surface area contributed by atoms with Crippen molar-refractivity contribution in [2.24, 2.45) is 0 Å². The highest BCUT2D eigenvalue weighted by Crippen LogP contribution is 2.29. The first-order chi connectivity index (χ1) is 21.1. The van der Waals surface area contributed by atoms with Gasteiger partial charge in [0.1, 0.15) is 35.8 Å². The minimum Gasteiger partial charge on any atom is -0.508 e. The number of rotatable bonds is 14. The lowest BCUT2D eigenvalue weighted by atomic mass is 9.94. The maximum absolute atomic E-state index is 13.7. The molecule has 11 heteroatoms. The third kappa shape index (κ3) is 9.05. The molecule has 0 aliphatic carbocycles. The van der Waals surface area contributed by atoms with E-state index in [1.165, 1.54) is 19.1 Å². The van der Waals surface area contributed by atoms with E-state index in [4.69, 9.17) is 14.2 Å². The summed E-state index contributed by atoms with van der Waals surface area (Å²) in [7, 11) is 1.54. The van der Waals surface area contributed by atoms with Gasteiger partial charge >= 0.3 is 6.09 Å². The van der Waals surface area contributed by atoms with E-state index in [9.17, 15) is 24.3 Å². The largest absolute Gasteiger partial charge is 0.508 e. The number of aromatic hydroxyl groups is 1. The van der Waals surface area contributed by atoms with Crippen molar-refractivity contribution in [2.45, 2.75) is 57.0 Å². The Hall–Kier alpha value is -4.90. The number of ketones is 1. The fourth-order valence-electron chi connectivity index (χ4n) is 4.48. The van der Waals surface area contributed by atoms with Crippen molar-refractivity contribution in [2.75, 3.05) is 13.7 Å². The Morgan fingerprint density at radius 3 is 1.98 bits per heavy atom. The number of hydrogen-bond acceptors (Lipinski definition) is 8. The second kappa shape index (κ2) is 14.5. The second-order valence-corrected chi connectivity index (χ2v) is 10.9. The number of phenolic OH excluding ortho intramolecular Hbond substituents is 1. The Bertz CT molecular complexity index is 1440. The van der Waals surface area contributed by atoms with Gasteiger partial charge in [-0.1, -0.05) is 54.6 Å². The molecule has 232 valence electrons. The van der Waals surface area contributed by atoms with Crippen LogP contribution in [0.25, 0.3) is 0 Å². The number of ether oxygens (including phenoxy) is 3. The van der Waals surface area contributed by atoms with Crippen molar-refractivity contribution in [3.8, 4) is 11.5 Å². The van der Waals surface area contributed by atoms with E-state index in [0.29, 0.717) is 11.3 Å². The van der Waals surface area contributed by atoms with Gasteiger partial charge in [0, 0.05) is 6.42 Å². The van der Waals surface area contributed by atoms with Crippen molar-refractivity contribution in [1.29, 1.82) is 0 Å². The SMILES string of the molecule is COc1ccc(CC(NC(=O)[C@@H](C)NC(=O)OCc2ccccc2)C(=O)NC(Cc2ccc(O)cc2)C(=O)[C@@]2(C)CO2)cc1. The molecule has 1 heterocycles. The lowest BCUT2D eigenvalue weighted by Gasteiger charge is -2.25. The number of benzene rings is 3. The number of phenols is 1. The van der Waals surface area contributed by atoms with Crippen molar-refractivity contribution >= 4 is 23.7 Å². The summed E-state index contributed by atoms with van der Waals surface area (Å²) >= 11 is 0. The summed E-state index contributed by atoms with van der Waals surface area (Å²) in [5, 5.41) is 17.7. The van der Waals surface area contributed by atoms with Gasteiger partial charge in [-0.15, -0.1) is 0 Å². The monoisotopic (exact) mass is 603 g/mol. The minimum absolute atomic E-state index is 0.0304. The van der Waals surface area contributed by atoms with Gasteiger partial charge in [0.05, 0.1) is 19.8 Å². The Morgan fingerprint density at radius 1 is 0.818 bits per heavy atom. The molecule has 0 spiro atoms. The lowest BCUT2D eigenvalue weighted by Crippen LogP contribution is -2.57. The molecular formula is C33H37N3O8. The normalized spacial score (nSPS) is 17.3. The zero-order valence-corrected chi connectivity index (χ0v) is 24.9. The van der Waals surface area contributed by atoms with E-state index in [1.54, 1.807) is 62.6 Å². The smallest absolute Gasteiger partial charge is 0.408 e. The van der Waals surface area contributed by atoms with Crippen molar-refractivity contribution in [1.82, 2.24) is 16.0 Å². The quantitative estimate of drug-likeness (QED) is 0.205. The van der Waals surface area contributed by atoms with E-state index in [0.717, 1.165) is 11.1 Å². The Morgan fingerprint density at radius 2 is 1.39 bits per heavy atom. The molecule has 4 rings (SSSR count). The van der Waals surface area contributed by atoms with E-state index in [1.807, 2.05) is 18.2 Å². The first-order valence-corrected chi connectivity index (χ1v) is 14.2. The van der Waals surface area contributed by atoms with Crippen LogP contribution in [0, 0.1) is 0 Å². The van der Waals surface area contributed by atoms with Gasteiger partial charge < -0.3 is 35.3 Å². The van der Waals surface area contributed by atoms with Crippen LogP contribution >= 0.6 is 0 Å². The molecule has 2 unspecified atom stereocenters. The first kappa shape index (κ1) is 32.0. The van der Waals surface area contributed by atoms with Crippen LogP contribution in [0.5, 0.6) is 11.5 Å². The van der Waals surface area contributed by atoms with E-state index in [2.05, 4.69) is 16.0 Å². The summed E-state index contributed by atoms with van der Waals surface area (Å²) in [4.78, 5) is 52.6. The van der Waals surface area contributed by atoms with Gasteiger partial charge in [0.25, 0.3) is 0 Å². The first-order valence-electron chi connectivity index (χ1n) is 14.2. The van der Waals surface area contributed by atoms with Crippen LogP contribution in [0.2, 0.25) is 0 Å². The molecule has 0 aromatic heterocycles. The number of nitrogens with one attached hydrogen (secondary N) is 3.